The van der Waals surface area contributed by atoms with Gasteiger partial charge in [-0.15, -0.1) is 0 Å². The van der Waals surface area contributed by atoms with Crippen LogP contribution in [-0.2, 0) is 11.2 Å². The normalized spacial score (nSPS) is 21.1. The van der Waals surface area contributed by atoms with Crippen LogP contribution in [0.25, 0.3) is 0 Å². The Hall–Kier alpha value is -2.25. The van der Waals surface area contributed by atoms with Crippen LogP contribution in [0.15, 0.2) is 53.9 Å². The third-order valence-corrected chi connectivity index (χ3v) is 7.70. The highest BCUT2D eigenvalue weighted by molar-refractivity contribution is 6.35. The number of hydrogen-bond acceptors (Lipinski definition) is 5. The zero-order chi connectivity index (χ0) is 25.5. The summed E-state index contributed by atoms with van der Waals surface area (Å²) in [5, 5.41) is 12.2. The molecule has 2 heterocycles. The van der Waals surface area contributed by atoms with Gasteiger partial charge in [0.2, 0.25) is 6.41 Å². The third-order valence-electron chi connectivity index (χ3n) is 7.12. The Morgan fingerprint density at radius 3 is 2.61 bits per heavy atom. The molecule has 1 unspecified atom stereocenters. The summed E-state index contributed by atoms with van der Waals surface area (Å²) in [7, 11) is 0. The lowest BCUT2D eigenvalue weighted by atomic mass is 9.97. The maximum absolute atomic E-state index is 11.9. The van der Waals surface area contributed by atoms with E-state index >= 15 is 0 Å². The number of nitrogens with one attached hydrogen (secondary N) is 3. The summed E-state index contributed by atoms with van der Waals surface area (Å²) in [5.74, 6) is 1.19. The second-order valence-electron chi connectivity index (χ2n) is 9.79. The lowest BCUT2D eigenvalue weighted by Crippen LogP contribution is -2.50. The number of halogens is 2. The number of rotatable bonds is 9. The van der Waals surface area contributed by atoms with E-state index < -0.39 is 0 Å². The van der Waals surface area contributed by atoms with Gasteiger partial charge in [-0.3, -0.25) is 4.79 Å². The Morgan fingerprint density at radius 1 is 1.14 bits per heavy atom. The van der Waals surface area contributed by atoms with Gasteiger partial charge in [0.25, 0.3) is 0 Å². The molecule has 3 N–H and O–H groups in total. The van der Waals surface area contributed by atoms with Crippen LogP contribution in [0.2, 0.25) is 10.0 Å². The highest BCUT2D eigenvalue weighted by Crippen LogP contribution is 2.26. The molecule has 0 saturated carbocycles. The molecule has 2 aromatic carbocycles. The molecule has 36 heavy (non-hydrogen) atoms. The first-order valence-electron chi connectivity index (χ1n) is 12.9. The molecule has 0 aliphatic carbocycles. The first kappa shape index (κ1) is 26.8. The predicted molar refractivity (Wildman–Crippen MR) is 151 cm³/mol. The lowest BCUT2D eigenvalue weighted by molar-refractivity contribution is -0.107. The minimum atomic E-state index is 0.399. The Kier molecular flexibility index (Phi) is 9.54. The lowest BCUT2D eigenvalue weighted by Gasteiger charge is -2.38. The molecule has 2 aliphatic rings. The van der Waals surface area contributed by atoms with E-state index in [4.69, 9.17) is 23.2 Å². The Morgan fingerprint density at radius 2 is 1.94 bits per heavy atom. The fourth-order valence-corrected chi connectivity index (χ4v) is 5.53. The van der Waals surface area contributed by atoms with E-state index in [0.717, 1.165) is 49.5 Å². The van der Waals surface area contributed by atoms with Gasteiger partial charge in [0.1, 0.15) is 5.82 Å². The van der Waals surface area contributed by atoms with Crippen LogP contribution in [0.3, 0.4) is 0 Å². The topological polar surface area (TPSA) is 59.6 Å². The molecule has 2 aromatic rings. The number of hydrogen-bond donors (Lipinski definition) is 3. The summed E-state index contributed by atoms with van der Waals surface area (Å²) in [6.07, 6.45) is 5.20. The first-order chi connectivity index (χ1) is 17.4. The largest absolute Gasteiger partial charge is 0.355 e. The number of nitrogens with zero attached hydrogens (tertiary/aromatic N) is 2. The number of benzene rings is 2. The van der Waals surface area contributed by atoms with Crippen LogP contribution in [-0.4, -0.2) is 56.1 Å². The van der Waals surface area contributed by atoms with Crippen molar-refractivity contribution in [1.82, 2.24) is 15.5 Å². The van der Waals surface area contributed by atoms with Crippen molar-refractivity contribution < 1.29 is 4.79 Å². The Bertz CT molecular complexity index is 1050. The van der Waals surface area contributed by atoms with E-state index in [1.54, 1.807) is 11.0 Å². The molecule has 2 atom stereocenters. The molecule has 1 amide bonds. The number of carbonyl (C=O) groups is 1. The van der Waals surface area contributed by atoms with E-state index in [0.29, 0.717) is 35.1 Å². The van der Waals surface area contributed by atoms with Gasteiger partial charge in [-0.25, -0.2) is 0 Å². The average Bonchev–Trinajstić information content (AvgIpc) is 2.89. The minimum Gasteiger partial charge on any atom is -0.355 e. The van der Waals surface area contributed by atoms with Gasteiger partial charge in [0, 0.05) is 59.7 Å². The van der Waals surface area contributed by atoms with Crippen molar-refractivity contribution in [3.05, 3.63) is 69.5 Å². The predicted octanol–water partition coefficient (Wildman–Crippen LogP) is 5.28. The molecule has 0 spiro atoms. The molecule has 2 fully saturated rings. The second-order valence-corrected chi connectivity index (χ2v) is 10.6. The van der Waals surface area contributed by atoms with Crippen LogP contribution >= 0.6 is 23.2 Å². The summed E-state index contributed by atoms with van der Waals surface area (Å²) < 4.78 is 0. The van der Waals surface area contributed by atoms with E-state index in [-0.39, 0.29) is 0 Å². The van der Waals surface area contributed by atoms with Crippen molar-refractivity contribution in [3.8, 4) is 0 Å². The van der Waals surface area contributed by atoms with Crippen molar-refractivity contribution in [2.45, 2.75) is 51.6 Å². The minimum absolute atomic E-state index is 0.399. The van der Waals surface area contributed by atoms with E-state index in [2.05, 4.69) is 34.7 Å². The summed E-state index contributed by atoms with van der Waals surface area (Å²) in [4.78, 5) is 16.0. The molecule has 0 bridgehead atoms. The summed E-state index contributed by atoms with van der Waals surface area (Å²) in [6, 6.07) is 14.4. The van der Waals surface area contributed by atoms with Crippen LogP contribution in [0.5, 0.6) is 0 Å². The highest BCUT2D eigenvalue weighted by Gasteiger charge is 2.24. The first-order valence-corrected chi connectivity index (χ1v) is 13.7. The second kappa shape index (κ2) is 12.8. The monoisotopic (exact) mass is 529 g/mol. The third kappa shape index (κ3) is 6.94. The summed E-state index contributed by atoms with van der Waals surface area (Å²) >= 11 is 12.3. The van der Waals surface area contributed by atoms with Crippen molar-refractivity contribution >= 4 is 41.0 Å². The van der Waals surface area contributed by atoms with Gasteiger partial charge in [-0.1, -0.05) is 35.7 Å². The number of anilines is 2. The van der Waals surface area contributed by atoms with Crippen LogP contribution < -0.4 is 20.9 Å². The number of amides is 1. The quantitative estimate of drug-likeness (QED) is 0.386. The van der Waals surface area contributed by atoms with Crippen molar-refractivity contribution in [1.29, 1.82) is 0 Å². The molecule has 2 aliphatic heterocycles. The summed E-state index contributed by atoms with van der Waals surface area (Å²) in [6.45, 7) is 9.01. The van der Waals surface area contributed by atoms with Gasteiger partial charge in [0.15, 0.2) is 0 Å². The molecule has 6 nitrogen and oxygen atoms in total. The maximum atomic E-state index is 11.9. The van der Waals surface area contributed by atoms with Crippen LogP contribution in [0.4, 0.5) is 11.4 Å². The molecular weight excluding hydrogens is 493 g/mol. The molecule has 194 valence electrons. The summed E-state index contributed by atoms with van der Waals surface area (Å²) in [5.41, 5.74) is 4.20. The molecular formula is C28H37Cl2N5O. The van der Waals surface area contributed by atoms with Gasteiger partial charge in [0.05, 0.1) is 0 Å². The molecule has 8 heteroatoms. The van der Waals surface area contributed by atoms with Gasteiger partial charge < -0.3 is 25.8 Å². The zero-order valence-corrected chi connectivity index (χ0v) is 22.7. The number of carbonyl (C=O) groups excluding carboxylic acids is 1. The van der Waals surface area contributed by atoms with E-state index in [1.165, 1.54) is 30.7 Å². The van der Waals surface area contributed by atoms with E-state index in [1.807, 2.05) is 36.4 Å². The molecule has 0 aromatic heterocycles. The van der Waals surface area contributed by atoms with Gasteiger partial charge >= 0.3 is 0 Å². The van der Waals surface area contributed by atoms with Gasteiger partial charge in [-0.2, -0.15) is 0 Å². The fourth-order valence-electron chi connectivity index (χ4n) is 5.03. The van der Waals surface area contributed by atoms with E-state index in [9.17, 15) is 4.79 Å². The van der Waals surface area contributed by atoms with Crippen LogP contribution in [0.1, 0.15) is 38.7 Å². The standard InChI is InChI=1S/C28H37Cl2N5O/c1-20-18-34(16-14-31-20)28(21(2)27-5-3-4-13-32-27)33-24-8-10-25(11-9-24)35(19-36)15-12-22-6-7-23(29)17-26(22)30/h6-11,17,19-20,27,31-33H,3-5,12-16,18H2,1-2H3/b28-21-/t20-,27?/m0/s1. The van der Waals surface area contributed by atoms with Crippen molar-refractivity contribution in [3.63, 3.8) is 0 Å². The molecule has 4 rings (SSSR count). The maximum Gasteiger partial charge on any atom is 0.214 e. The number of piperazine rings is 1. The highest BCUT2D eigenvalue weighted by atomic mass is 35.5. The SMILES string of the molecule is C/C(=C(\Nc1ccc(N(C=O)CCc2ccc(Cl)cc2Cl)cc1)N1CCN[C@@H](C)C1)C1CCCCN1. The zero-order valence-electron chi connectivity index (χ0n) is 21.2. The average molecular weight is 531 g/mol. The smallest absolute Gasteiger partial charge is 0.214 e. The van der Waals surface area contributed by atoms with Gasteiger partial charge in [-0.05, 0) is 87.2 Å². The molecule has 0 radical (unpaired) electrons. The molecule has 2 saturated heterocycles. The Labute approximate surface area is 225 Å². The number of piperidine rings is 1. The van der Waals surface area contributed by atoms with Crippen molar-refractivity contribution in [2.24, 2.45) is 0 Å². The Balaban J connectivity index is 1.48. The van der Waals surface area contributed by atoms with Crippen LogP contribution in [0, 0.1) is 0 Å². The fraction of sp³-hybridized carbons (Fsp3) is 0.464. The van der Waals surface area contributed by atoms with Crippen molar-refractivity contribution in [2.75, 3.05) is 42.9 Å².